The molecular weight excluding hydrogens is 465 g/mol. The fourth-order valence-corrected chi connectivity index (χ4v) is 4.21. The minimum atomic E-state index is -4.40. The maximum atomic E-state index is 13.0. The fourth-order valence-electron chi connectivity index (χ4n) is 3.21. The molecule has 4 aromatic rings. The van der Waals surface area contributed by atoms with Crippen molar-refractivity contribution in [2.24, 2.45) is 0 Å². The Morgan fingerprint density at radius 3 is 2.59 bits per heavy atom. The van der Waals surface area contributed by atoms with Crippen LogP contribution in [0.15, 0.2) is 65.1 Å². The SMILES string of the molecule is Cc1ccc(OCc2ccc(C(=O)Nc3nc(C)c(Cc4cccc(C(F)(F)F)c4)s3)o2)cc1. The van der Waals surface area contributed by atoms with Gasteiger partial charge in [0.15, 0.2) is 10.9 Å². The number of carbonyl (C=O) groups excluding carboxylic acids is 1. The zero-order valence-corrected chi connectivity index (χ0v) is 19.2. The molecule has 0 spiro atoms. The summed E-state index contributed by atoms with van der Waals surface area (Å²) in [4.78, 5) is 17.7. The van der Waals surface area contributed by atoms with Crippen LogP contribution in [0.2, 0.25) is 0 Å². The number of aryl methyl sites for hydroxylation is 2. The highest BCUT2D eigenvalue weighted by atomic mass is 32.1. The van der Waals surface area contributed by atoms with Crippen LogP contribution in [0.4, 0.5) is 18.3 Å². The summed E-state index contributed by atoms with van der Waals surface area (Å²) in [5.41, 5.74) is 1.59. The lowest BCUT2D eigenvalue weighted by molar-refractivity contribution is -0.137. The third kappa shape index (κ3) is 5.85. The lowest BCUT2D eigenvalue weighted by Gasteiger charge is -2.08. The van der Waals surface area contributed by atoms with Gasteiger partial charge in [-0.2, -0.15) is 13.2 Å². The van der Waals surface area contributed by atoms with Crippen LogP contribution in [-0.2, 0) is 19.2 Å². The van der Waals surface area contributed by atoms with E-state index in [1.54, 1.807) is 25.1 Å². The van der Waals surface area contributed by atoms with Crippen LogP contribution in [0.3, 0.4) is 0 Å². The van der Waals surface area contributed by atoms with Gasteiger partial charge in [0.2, 0.25) is 0 Å². The van der Waals surface area contributed by atoms with E-state index in [1.165, 1.54) is 17.4 Å². The molecule has 34 heavy (non-hydrogen) atoms. The molecule has 5 nitrogen and oxygen atoms in total. The van der Waals surface area contributed by atoms with E-state index >= 15 is 0 Å². The Morgan fingerprint density at radius 1 is 1.09 bits per heavy atom. The number of carbonyl (C=O) groups is 1. The molecule has 2 heterocycles. The Morgan fingerprint density at radius 2 is 1.85 bits per heavy atom. The normalized spacial score (nSPS) is 11.4. The van der Waals surface area contributed by atoms with Crippen LogP contribution in [0.25, 0.3) is 0 Å². The molecule has 2 aromatic heterocycles. The van der Waals surface area contributed by atoms with Crippen molar-refractivity contribution in [3.8, 4) is 5.75 Å². The van der Waals surface area contributed by atoms with Crippen molar-refractivity contribution in [2.45, 2.75) is 33.1 Å². The summed E-state index contributed by atoms with van der Waals surface area (Å²) in [7, 11) is 0. The van der Waals surface area contributed by atoms with E-state index in [-0.39, 0.29) is 18.8 Å². The number of nitrogens with one attached hydrogen (secondary N) is 1. The summed E-state index contributed by atoms with van der Waals surface area (Å²) in [6.07, 6.45) is -4.12. The van der Waals surface area contributed by atoms with Gasteiger partial charge in [0.25, 0.3) is 5.91 Å². The maximum absolute atomic E-state index is 13.0. The van der Waals surface area contributed by atoms with E-state index in [9.17, 15) is 18.0 Å². The summed E-state index contributed by atoms with van der Waals surface area (Å²) < 4.78 is 50.1. The minimum absolute atomic E-state index is 0.106. The zero-order chi connectivity index (χ0) is 24.3. The van der Waals surface area contributed by atoms with Gasteiger partial charge in [0.1, 0.15) is 18.1 Å². The first-order chi connectivity index (χ1) is 16.2. The highest BCUT2D eigenvalue weighted by molar-refractivity contribution is 7.15. The molecule has 1 amide bonds. The second-order valence-electron chi connectivity index (χ2n) is 7.72. The first kappa shape index (κ1) is 23.6. The molecule has 0 saturated heterocycles. The molecule has 0 radical (unpaired) electrons. The van der Waals surface area contributed by atoms with Crippen LogP contribution < -0.4 is 10.1 Å². The van der Waals surface area contributed by atoms with E-state index in [0.29, 0.717) is 27.9 Å². The quantitative estimate of drug-likeness (QED) is 0.312. The number of halogens is 3. The molecule has 4 rings (SSSR count). The molecule has 9 heteroatoms. The number of furan rings is 1. The van der Waals surface area contributed by atoms with Gasteiger partial charge in [0.05, 0.1) is 11.3 Å². The smallest absolute Gasteiger partial charge is 0.416 e. The number of rotatable bonds is 7. The van der Waals surface area contributed by atoms with Crippen molar-refractivity contribution >= 4 is 22.4 Å². The second kappa shape index (κ2) is 9.72. The Hall–Kier alpha value is -3.59. The molecule has 0 aliphatic heterocycles. The van der Waals surface area contributed by atoms with Gasteiger partial charge >= 0.3 is 6.18 Å². The molecule has 1 N–H and O–H groups in total. The minimum Gasteiger partial charge on any atom is -0.486 e. The van der Waals surface area contributed by atoms with Crippen molar-refractivity contribution < 1.29 is 27.1 Å². The standard InChI is InChI=1S/C25H21F3N2O3S/c1-15-6-8-19(9-7-15)32-14-20-10-11-21(33-20)23(31)30-24-29-16(2)22(34-24)13-17-4-3-5-18(12-17)25(26,27)28/h3-12H,13-14H2,1-2H3,(H,29,30,31). The predicted molar refractivity (Wildman–Crippen MR) is 123 cm³/mol. The molecule has 0 aliphatic carbocycles. The Kier molecular flexibility index (Phi) is 6.74. The number of thiazole rings is 1. The van der Waals surface area contributed by atoms with Crippen molar-refractivity contribution in [3.05, 3.63) is 99.4 Å². The first-order valence-electron chi connectivity index (χ1n) is 10.4. The van der Waals surface area contributed by atoms with Crippen molar-refractivity contribution in [2.75, 3.05) is 5.32 Å². The Bertz CT molecular complexity index is 1290. The molecular formula is C25H21F3N2O3S. The second-order valence-corrected chi connectivity index (χ2v) is 8.81. The largest absolute Gasteiger partial charge is 0.486 e. The van der Waals surface area contributed by atoms with Crippen molar-refractivity contribution in [1.82, 2.24) is 4.98 Å². The third-order valence-electron chi connectivity index (χ3n) is 5.02. The maximum Gasteiger partial charge on any atom is 0.416 e. The Labute approximate surface area is 198 Å². The van der Waals surface area contributed by atoms with Gasteiger partial charge in [-0.25, -0.2) is 4.98 Å². The van der Waals surface area contributed by atoms with E-state index in [4.69, 9.17) is 9.15 Å². The van der Waals surface area contributed by atoms with E-state index in [2.05, 4.69) is 10.3 Å². The van der Waals surface area contributed by atoms with Gasteiger partial charge in [-0.15, -0.1) is 11.3 Å². The van der Waals surface area contributed by atoms with Gasteiger partial charge in [-0.3, -0.25) is 10.1 Å². The van der Waals surface area contributed by atoms with E-state index < -0.39 is 17.6 Å². The molecule has 0 fully saturated rings. The van der Waals surface area contributed by atoms with E-state index in [0.717, 1.165) is 22.6 Å². The monoisotopic (exact) mass is 486 g/mol. The van der Waals surface area contributed by atoms with Crippen LogP contribution in [0.5, 0.6) is 5.75 Å². The number of benzene rings is 2. The van der Waals surface area contributed by atoms with Crippen molar-refractivity contribution in [3.63, 3.8) is 0 Å². The summed E-state index contributed by atoms with van der Waals surface area (Å²) in [5.74, 6) is 0.821. The lowest BCUT2D eigenvalue weighted by Crippen LogP contribution is -2.10. The lowest BCUT2D eigenvalue weighted by atomic mass is 10.1. The number of amides is 1. The van der Waals surface area contributed by atoms with Crippen LogP contribution >= 0.6 is 11.3 Å². The molecule has 0 saturated carbocycles. The van der Waals surface area contributed by atoms with Crippen molar-refractivity contribution in [1.29, 1.82) is 0 Å². The average molecular weight is 487 g/mol. The average Bonchev–Trinajstić information content (AvgIpc) is 3.40. The topological polar surface area (TPSA) is 64.4 Å². The molecule has 0 bridgehead atoms. The number of ether oxygens (including phenoxy) is 1. The highest BCUT2D eigenvalue weighted by Crippen LogP contribution is 2.31. The van der Waals surface area contributed by atoms with Gasteiger partial charge in [0, 0.05) is 11.3 Å². The number of anilines is 1. The third-order valence-corrected chi connectivity index (χ3v) is 6.09. The summed E-state index contributed by atoms with van der Waals surface area (Å²) in [6, 6.07) is 16.0. The fraction of sp³-hybridized carbons (Fsp3) is 0.200. The number of nitrogens with zero attached hydrogens (tertiary/aromatic N) is 1. The predicted octanol–water partition coefficient (Wildman–Crippen LogP) is 6.79. The molecule has 176 valence electrons. The summed E-state index contributed by atoms with van der Waals surface area (Å²) in [5, 5.41) is 3.03. The summed E-state index contributed by atoms with van der Waals surface area (Å²) >= 11 is 1.22. The Balaban J connectivity index is 1.38. The number of aromatic nitrogens is 1. The molecule has 0 unspecified atom stereocenters. The van der Waals surface area contributed by atoms with Crippen LogP contribution in [-0.4, -0.2) is 10.9 Å². The first-order valence-corrected chi connectivity index (χ1v) is 11.2. The van der Waals surface area contributed by atoms with Gasteiger partial charge in [-0.05, 0) is 49.7 Å². The highest BCUT2D eigenvalue weighted by Gasteiger charge is 2.30. The zero-order valence-electron chi connectivity index (χ0n) is 18.4. The number of hydrogen-bond acceptors (Lipinski definition) is 5. The summed E-state index contributed by atoms with van der Waals surface area (Å²) in [6.45, 7) is 3.91. The van der Waals surface area contributed by atoms with Gasteiger partial charge in [-0.1, -0.05) is 35.9 Å². The molecule has 0 atom stereocenters. The van der Waals surface area contributed by atoms with Crippen LogP contribution in [0, 0.1) is 13.8 Å². The number of hydrogen-bond donors (Lipinski definition) is 1. The van der Waals surface area contributed by atoms with Gasteiger partial charge < -0.3 is 9.15 Å². The number of alkyl halides is 3. The van der Waals surface area contributed by atoms with Crippen LogP contribution in [0.1, 0.15) is 43.6 Å². The molecule has 2 aromatic carbocycles. The van der Waals surface area contributed by atoms with E-state index in [1.807, 2.05) is 31.2 Å². The molecule has 0 aliphatic rings.